The minimum atomic E-state index is -3.62. The van der Waals surface area contributed by atoms with Crippen molar-refractivity contribution in [1.82, 2.24) is 9.62 Å². The third kappa shape index (κ3) is 4.50. The maximum atomic E-state index is 12.1. The molecular weight excluding hydrogens is 312 g/mol. The average molecular weight is 332 g/mol. The number of thiophene rings is 1. The number of piperidine rings is 1. The molecule has 1 atom stereocenters. The van der Waals surface area contributed by atoms with E-state index < -0.39 is 16.0 Å². The minimum absolute atomic E-state index is 0.0249. The molecule has 1 aliphatic heterocycles. The van der Waals surface area contributed by atoms with E-state index in [0.29, 0.717) is 19.0 Å². The van der Waals surface area contributed by atoms with Gasteiger partial charge in [-0.05, 0) is 31.4 Å². The van der Waals surface area contributed by atoms with Crippen LogP contribution in [-0.4, -0.2) is 50.6 Å². The summed E-state index contributed by atoms with van der Waals surface area (Å²) in [5.41, 5.74) is 0. The zero-order chi connectivity index (χ0) is 15.5. The predicted octanol–water partition coefficient (Wildman–Crippen LogP) is 1.46. The summed E-state index contributed by atoms with van der Waals surface area (Å²) in [6, 6.07) is 1.19. The lowest BCUT2D eigenvalue weighted by atomic mass is 10.0. The van der Waals surface area contributed by atoms with Crippen LogP contribution in [0.5, 0.6) is 0 Å². The highest BCUT2D eigenvalue weighted by molar-refractivity contribution is 7.89. The molecule has 2 N–H and O–H groups in total. The van der Waals surface area contributed by atoms with Crippen LogP contribution >= 0.6 is 11.3 Å². The number of nitrogens with one attached hydrogen (secondary N) is 1. The molecule has 21 heavy (non-hydrogen) atoms. The topological polar surface area (TPSA) is 86.7 Å². The van der Waals surface area contributed by atoms with Gasteiger partial charge in [-0.3, -0.25) is 0 Å². The number of aromatic carboxylic acids is 1. The second kappa shape index (κ2) is 6.87. The Hall–Kier alpha value is -0.960. The fourth-order valence-corrected chi connectivity index (χ4v) is 4.62. The Bertz CT molecular complexity index is 597. The highest BCUT2D eigenvalue weighted by atomic mass is 32.2. The Kier molecular flexibility index (Phi) is 5.37. The molecule has 2 rings (SSSR count). The zero-order valence-electron chi connectivity index (χ0n) is 11.9. The lowest BCUT2D eigenvalue weighted by Crippen LogP contribution is -2.40. The fraction of sp³-hybridized carbons (Fsp3) is 0.615. The Morgan fingerprint density at radius 1 is 1.57 bits per heavy atom. The number of hydrogen-bond donors (Lipinski definition) is 2. The summed E-state index contributed by atoms with van der Waals surface area (Å²) in [4.78, 5) is 13.1. The van der Waals surface area contributed by atoms with E-state index in [2.05, 4.69) is 16.5 Å². The van der Waals surface area contributed by atoms with Crippen molar-refractivity contribution in [3.63, 3.8) is 0 Å². The molecule has 0 saturated carbocycles. The van der Waals surface area contributed by atoms with Gasteiger partial charge in [0.15, 0.2) is 0 Å². The molecule has 0 aromatic carbocycles. The van der Waals surface area contributed by atoms with Crippen molar-refractivity contribution in [1.29, 1.82) is 0 Å². The molecule has 1 saturated heterocycles. The molecule has 6 nitrogen and oxygen atoms in total. The van der Waals surface area contributed by atoms with E-state index in [0.717, 1.165) is 30.8 Å². The number of likely N-dealkylation sites (tertiary alicyclic amines) is 1. The quantitative estimate of drug-likeness (QED) is 0.823. The van der Waals surface area contributed by atoms with Gasteiger partial charge in [-0.2, -0.15) is 0 Å². The van der Waals surface area contributed by atoms with Crippen LogP contribution < -0.4 is 4.72 Å². The van der Waals surface area contributed by atoms with Crippen molar-refractivity contribution in [2.75, 3.05) is 26.2 Å². The lowest BCUT2D eigenvalue weighted by molar-refractivity contribution is 0.0702. The molecule has 0 aliphatic carbocycles. The van der Waals surface area contributed by atoms with Gasteiger partial charge >= 0.3 is 5.97 Å². The van der Waals surface area contributed by atoms with Gasteiger partial charge in [0.05, 0.1) is 4.90 Å². The number of nitrogens with zero attached hydrogens (tertiary/aromatic N) is 1. The standard InChI is InChI=1S/C13H20N2O4S2/c1-10-3-2-5-15(8-10)6-4-14-21(18,19)11-7-12(13(16)17)20-9-11/h7,9-10,14H,2-6,8H2,1H3,(H,16,17)/t10-/m0/s1. The number of hydrogen-bond acceptors (Lipinski definition) is 5. The summed E-state index contributed by atoms with van der Waals surface area (Å²) in [5.74, 6) is -0.450. The van der Waals surface area contributed by atoms with Gasteiger partial charge < -0.3 is 10.0 Å². The minimum Gasteiger partial charge on any atom is -0.477 e. The van der Waals surface area contributed by atoms with Crippen molar-refractivity contribution in [3.05, 3.63) is 16.3 Å². The molecule has 0 unspecified atom stereocenters. The van der Waals surface area contributed by atoms with Crippen LogP contribution in [0.2, 0.25) is 0 Å². The summed E-state index contributed by atoms with van der Waals surface area (Å²) >= 11 is 0.917. The number of rotatable bonds is 6. The molecule has 0 bridgehead atoms. The van der Waals surface area contributed by atoms with Crippen LogP contribution in [0.3, 0.4) is 0 Å². The Morgan fingerprint density at radius 3 is 2.95 bits per heavy atom. The van der Waals surface area contributed by atoms with Crippen LogP contribution in [0.25, 0.3) is 0 Å². The highest BCUT2D eigenvalue weighted by Gasteiger charge is 2.20. The van der Waals surface area contributed by atoms with E-state index in [1.807, 2.05) is 0 Å². The Labute approximate surface area is 128 Å². The summed E-state index contributed by atoms with van der Waals surface area (Å²) in [7, 11) is -3.62. The third-order valence-electron chi connectivity index (χ3n) is 3.56. The van der Waals surface area contributed by atoms with Crippen LogP contribution in [-0.2, 0) is 10.0 Å². The maximum Gasteiger partial charge on any atom is 0.345 e. The number of carboxylic acid groups (broad SMARTS) is 1. The first-order valence-corrected chi connectivity index (χ1v) is 9.28. The monoisotopic (exact) mass is 332 g/mol. The predicted molar refractivity (Wildman–Crippen MR) is 81.3 cm³/mol. The van der Waals surface area contributed by atoms with Gasteiger partial charge in [0.2, 0.25) is 10.0 Å². The molecule has 1 aromatic heterocycles. The Morgan fingerprint density at radius 2 is 2.33 bits per heavy atom. The molecule has 2 heterocycles. The molecule has 0 radical (unpaired) electrons. The zero-order valence-corrected chi connectivity index (χ0v) is 13.5. The molecule has 1 aromatic rings. The average Bonchev–Trinajstić information content (AvgIpc) is 2.89. The van der Waals surface area contributed by atoms with Gasteiger partial charge in [0, 0.05) is 25.0 Å². The van der Waals surface area contributed by atoms with Crippen LogP contribution in [0.4, 0.5) is 0 Å². The molecule has 0 spiro atoms. The second-order valence-electron chi connectivity index (χ2n) is 5.40. The van der Waals surface area contributed by atoms with E-state index in [1.54, 1.807) is 0 Å². The van der Waals surface area contributed by atoms with Gasteiger partial charge in [0.1, 0.15) is 4.88 Å². The molecule has 1 fully saturated rings. The number of carboxylic acids is 1. The maximum absolute atomic E-state index is 12.1. The summed E-state index contributed by atoms with van der Waals surface area (Å²) in [6.07, 6.45) is 2.38. The first-order valence-electron chi connectivity index (χ1n) is 6.92. The normalized spacial score (nSPS) is 20.5. The van der Waals surface area contributed by atoms with Crippen molar-refractivity contribution in [2.45, 2.75) is 24.7 Å². The molecule has 1 aliphatic rings. The van der Waals surface area contributed by atoms with E-state index in [1.165, 1.54) is 17.9 Å². The SMILES string of the molecule is C[C@H]1CCCN(CCNS(=O)(=O)c2csc(C(=O)O)c2)C1. The van der Waals surface area contributed by atoms with Gasteiger partial charge in [-0.1, -0.05) is 6.92 Å². The number of carbonyl (C=O) groups is 1. The van der Waals surface area contributed by atoms with Crippen LogP contribution in [0.15, 0.2) is 16.3 Å². The largest absolute Gasteiger partial charge is 0.477 e. The van der Waals surface area contributed by atoms with Crippen molar-refractivity contribution < 1.29 is 18.3 Å². The first-order chi connectivity index (χ1) is 9.88. The second-order valence-corrected chi connectivity index (χ2v) is 8.08. The Balaban J connectivity index is 1.87. The molecule has 8 heteroatoms. The molecular formula is C13H20N2O4S2. The first kappa shape index (κ1) is 16.4. The van der Waals surface area contributed by atoms with Gasteiger partial charge in [-0.25, -0.2) is 17.9 Å². The van der Waals surface area contributed by atoms with E-state index >= 15 is 0 Å². The van der Waals surface area contributed by atoms with Crippen LogP contribution in [0.1, 0.15) is 29.4 Å². The summed E-state index contributed by atoms with van der Waals surface area (Å²) < 4.78 is 26.7. The van der Waals surface area contributed by atoms with Gasteiger partial charge in [0.25, 0.3) is 0 Å². The van der Waals surface area contributed by atoms with Crippen molar-refractivity contribution in [3.8, 4) is 0 Å². The lowest BCUT2D eigenvalue weighted by Gasteiger charge is -2.30. The van der Waals surface area contributed by atoms with Crippen molar-refractivity contribution in [2.24, 2.45) is 5.92 Å². The van der Waals surface area contributed by atoms with Gasteiger partial charge in [-0.15, -0.1) is 11.3 Å². The molecule has 0 amide bonds. The van der Waals surface area contributed by atoms with Crippen LogP contribution in [0, 0.1) is 5.92 Å². The van der Waals surface area contributed by atoms with E-state index in [-0.39, 0.29) is 9.77 Å². The van der Waals surface area contributed by atoms with Crippen molar-refractivity contribution >= 4 is 27.3 Å². The van der Waals surface area contributed by atoms with E-state index in [9.17, 15) is 13.2 Å². The number of sulfonamides is 1. The fourth-order valence-electron chi connectivity index (χ4n) is 2.48. The molecule has 118 valence electrons. The highest BCUT2D eigenvalue weighted by Crippen LogP contribution is 2.19. The summed E-state index contributed by atoms with van der Waals surface area (Å²) in [5, 5.41) is 10.2. The van der Waals surface area contributed by atoms with E-state index in [4.69, 9.17) is 5.11 Å². The summed E-state index contributed by atoms with van der Waals surface area (Å²) in [6.45, 7) is 5.24. The third-order valence-corrected chi connectivity index (χ3v) is 6.07. The smallest absolute Gasteiger partial charge is 0.345 e.